The Labute approximate surface area is 104 Å². The van der Waals surface area contributed by atoms with Crippen molar-refractivity contribution in [1.29, 1.82) is 0 Å². The van der Waals surface area contributed by atoms with Crippen molar-refractivity contribution in [2.24, 2.45) is 7.05 Å². The zero-order chi connectivity index (χ0) is 12.3. The van der Waals surface area contributed by atoms with E-state index in [9.17, 15) is 0 Å². The first-order chi connectivity index (χ1) is 8.20. The highest BCUT2D eigenvalue weighted by molar-refractivity contribution is 5.08. The lowest BCUT2D eigenvalue weighted by atomic mass is 10.2. The van der Waals surface area contributed by atoms with Crippen LogP contribution < -0.4 is 5.32 Å². The monoisotopic (exact) mass is 236 g/mol. The molecule has 17 heavy (non-hydrogen) atoms. The van der Waals surface area contributed by atoms with Crippen molar-refractivity contribution in [3.8, 4) is 0 Å². The van der Waals surface area contributed by atoms with Gasteiger partial charge in [-0.25, -0.2) is 0 Å². The molecule has 1 aliphatic rings. The van der Waals surface area contributed by atoms with Gasteiger partial charge in [-0.05, 0) is 26.3 Å². The molecule has 0 bridgehead atoms. The van der Waals surface area contributed by atoms with Crippen molar-refractivity contribution in [3.05, 3.63) is 18.0 Å². The molecule has 0 saturated heterocycles. The van der Waals surface area contributed by atoms with Gasteiger partial charge in [-0.1, -0.05) is 6.92 Å². The van der Waals surface area contributed by atoms with Crippen LogP contribution in [-0.2, 0) is 7.05 Å². The number of hydrogen-bond acceptors (Lipinski definition) is 3. The minimum atomic E-state index is 0.390. The van der Waals surface area contributed by atoms with Crippen molar-refractivity contribution in [2.75, 3.05) is 19.6 Å². The first-order valence-electron chi connectivity index (χ1n) is 6.66. The molecule has 0 aliphatic heterocycles. The van der Waals surface area contributed by atoms with Crippen LogP contribution in [-0.4, -0.2) is 40.4 Å². The van der Waals surface area contributed by atoms with Gasteiger partial charge in [0.05, 0.1) is 6.20 Å². The average molecular weight is 236 g/mol. The molecule has 1 fully saturated rings. The molecule has 1 aromatic rings. The van der Waals surface area contributed by atoms with E-state index in [4.69, 9.17) is 0 Å². The summed E-state index contributed by atoms with van der Waals surface area (Å²) in [5.41, 5.74) is 1.27. The van der Waals surface area contributed by atoms with Crippen molar-refractivity contribution in [1.82, 2.24) is 20.0 Å². The average Bonchev–Trinajstić information content (AvgIpc) is 3.06. The van der Waals surface area contributed by atoms with Crippen LogP contribution in [0.5, 0.6) is 0 Å². The predicted molar refractivity (Wildman–Crippen MR) is 69.9 cm³/mol. The quantitative estimate of drug-likeness (QED) is 0.780. The zero-order valence-electron chi connectivity index (χ0n) is 11.2. The molecule has 96 valence electrons. The second kappa shape index (κ2) is 5.65. The molecule has 4 heteroatoms. The van der Waals surface area contributed by atoms with Crippen molar-refractivity contribution >= 4 is 0 Å². The molecule has 1 aromatic heterocycles. The lowest BCUT2D eigenvalue weighted by Crippen LogP contribution is -2.34. The molecule has 2 rings (SSSR count). The Morgan fingerprint density at radius 2 is 2.35 bits per heavy atom. The Morgan fingerprint density at radius 1 is 1.59 bits per heavy atom. The van der Waals surface area contributed by atoms with Gasteiger partial charge in [0, 0.05) is 44.0 Å². The minimum Gasteiger partial charge on any atom is -0.309 e. The van der Waals surface area contributed by atoms with Gasteiger partial charge in [0.2, 0.25) is 0 Å². The molecule has 1 heterocycles. The molecule has 0 aromatic carbocycles. The van der Waals surface area contributed by atoms with Gasteiger partial charge in [-0.3, -0.25) is 9.58 Å². The van der Waals surface area contributed by atoms with E-state index in [0.29, 0.717) is 6.04 Å². The highest BCUT2D eigenvalue weighted by Gasteiger charge is 2.27. The number of hydrogen-bond donors (Lipinski definition) is 1. The van der Waals surface area contributed by atoms with Crippen LogP contribution in [0, 0.1) is 0 Å². The van der Waals surface area contributed by atoms with E-state index >= 15 is 0 Å². The van der Waals surface area contributed by atoms with Crippen LogP contribution in [0.2, 0.25) is 0 Å². The first kappa shape index (κ1) is 12.6. The molecule has 1 N–H and O–H groups in total. The van der Waals surface area contributed by atoms with Crippen LogP contribution in [0.4, 0.5) is 0 Å². The Hall–Kier alpha value is -0.870. The van der Waals surface area contributed by atoms with Crippen molar-refractivity contribution < 1.29 is 0 Å². The molecule has 1 unspecified atom stereocenters. The molecule has 1 aliphatic carbocycles. The standard InChI is InChI=1S/C13H24N4/c1-4-17(13-5-6-13)8-7-14-11(2)12-9-15-16(3)10-12/h9-11,13-14H,4-8H2,1-3H3. The third kappa shape index (κ3) is 3.54. The number of nitrogens with one attached hydrogen (secondary N) is 1. The molecule has 4 nitrogen and oxygen atoms in total. The smallest absolute Gasteiger partial charge is 0.0537 e. The second-order valence-electron chi connectivity index (χ2n) is 4.98. The maximum atomic E-state index is 4.20. The Bertz CT molecular complexity index is 343. The van der Waals surface area contributed by atoms with E-state index in [0.717, 1.165) is 19.1 Å². The summed E-state index contributed by atoms with van der Waals surface area (Å²) < 4.78 is 1.86. The maximum Gasteiger partial charge on any atom is 0.0537 e. The lowest BCUT2D eigenvalue weighted by molar-refractivity contribution is 0.273. The number of aryl methyl sites for hydroxylation is 1. The van der Waals surface area contributed by atoms with Gasteiger partial charge in [0.15, 0.2) is 0 Å². The van der Waals surface area contributed by atoms with Crippen LogP contribution in [0.15, 0.2) is 12.4 Å². The fraction of sp³-hybridized carbons (Fsp3) is 0.769. The first-order valence-corrected chi connectivity index (χ1v) is 6.66. The molecule has 1 atom stereocenters. The van der Waals surface area contributed by atoms with Crippen molar-refractivity contribution in [2.45, 2.75) is 38.8 Å². The van der Waals surface area contributed by atoms with Gasteiger partial charge in [0.25, 0.3) is 0 Å². The van der Waals surface area contributed by atoms with E-state index in [1.165, 1.54) is 24.9 Å². The fourth-order valence-corrected chi connectivity index (χ4v) is 2.24. The molecular formula is C13H24N4. The minimum absolute atomic E-state index is 0.390. The Kier molecular flexibility index (Phi) is 4.18. The van der Waals surface area contributed by atoms with E-state index < -0.39 is 0 Å². The summed E-state index contributed by atoms with van der Waals surface area (Å²) in [6.07, 6.45) is 6.81. The summed E-state index contributed by atoms with van der Waals surface area (Å²) in [4.78, 5) is 2.57. The van der Waals surface area contributed by atoms with Crippen LogP contribution in [0.25, 0.3) is 0 Å². The maximum absolute atomic E-state index is 4.20. The Morgan fingerprint density at radius 3 is 2.88 bits per heavy atom. The van der Waals surface area contributed by atoms with Crippen molar-refractivity contribution in [3.63, 3.8) is 0 Å². The third-order valence-corrected chi connectivity index (χ3v) is 3.54. The second-order valence-corrected chi connectivity index (χ2v) is 4.98. The predicted octanol–water partition coefficient (Wildman–Crippen LogP) is 1.55. The van der Waals surface area contributed by atoms with Gasteiger partial charge < -0.3 is 5.32 Å². The van der Waals surface area contributed by atoms with E-state index in [-0.39, 0.29) is 0 Å². The van der Waals surface area contributed by atoms with Crippen LogP contribution in [0.1, 0.15) is 38.3 Å². The summed E-state index contributed by atoms with van der Waals surface area (Å²) in [6, 6.07) is 1.26. The summed E-state index contributed by atoms with van der Waals surface area (Å²) in [7, 11) is 1.96. The SMILES string of the molecule is CCN(CCNC(C)c1cnn(C)c1)C1CC1. The van der Waals surface area contributed by atoms with Gasteiger partial charge in [-0.2, -0.15) is 5.10 Å². The van der Waals surface area contributed by atoms with E-state index in [2.05, 4.69) is 35.4 Å². The number of aromatic nitrogens is 2. The Balaban J connectivity index is 1.70. The number of nitrogens with zero attached hydrogens (tertiary/aromatic N) is 3. The molecule has 0 radical (unpaired) electrons. The van der Waals surface area contributed by atoms with Gasteiger partial charge in [0.1, 0.15) is 0 Å². The topological polar surface area (TPSA) is 33.1 Å². The van der Waals surface area contributed by atoms with E-state index in [1.54, 1.807) is 0 Å². The lowest BCUT2D eigenvalue weighted by Gasteiger charge is -2.21. The highest BCUT2D eigenvalue weighted by Crippen LogP contribution is 2.25. The summed E-state index contributed by atoms with van der Waals surface area (Å²) >= 11 is 0. The molecule has 0 amide bonds. The van der Waals surface area contributed by atoms with Gasteiger partial charge in [-0.15, -0.1) is 0 Å². The summed E-state index contributed by atoms with van der Waals surface area (Å²) in [5, 5.41) is 7.77. The molecular weight excluding hydrogens is 212 g/mol. The highest BCUT2D eigenvalue weighted by atomic mass is 15.2. The fourth-order valence-electron chi connectivity index (χ4n) is 2.24. The third-order valence-electron chi connectivity index (χ3n) is 3.54. The van der Waals surface area contributed by atoms with Crippen LogP contribution >= 0.6 is 0 Å². The van der Waals surface area contributed by atoms with Crippen LogP contribution in [0.3, 0.4) is 0 Å². The normalized spacial score (nSPS) is 17.6. The molecule has 0 spiro atoms. The summed E-state index contributed by atoms with van der Waals surface area (Å²) in [6.45, 7) is 7.84. The summed E-state index contributed by atoms with van der Waals surface area (Å²) in [5.74, 6) is 0. The number of rotatable bonds is 7. The molecule has 1 saturated carbocycles. The zero-order valence-corrected chi connectivity index (χ0v) is 11.2. The van der Waals surface area contributed by atoms with Gasteiger partial charge >= 0.3 is 0 Å². The van der Waals surface area contributed by atoms with E-state index in [1.807, 2.05) is 17.9 Å². The number of likely N-dealkylation sites (N-methyl/N-ethyl adjacent to an activating group) is 1. The largest absolute Gasteiger partial charge is 0.309 e.